The number of amides is 1. The lowest BCUT2D eigenvalue weighted by Gasteiger charge is -2.18. The molecule has 20 heavy (non-hydrogen) atoms. The van der Waals surface area contributed by atoms with Crippen LogP contribution in [0.3, 0.4) is 0 Å². The van der Waals surface area contributed by atoms with Gasteiger partial charge in [0.15, 0.2) is 11.6 Å². The van der Waals surface area contributed by atoms with E-state index in [9.17, 15) is 4.79 Å². The molecule has 102 valence electrons. The van der Waals surface area contributed by atoms with Gasteiger partial charge in [-0.3, -0.25) is 4.79 Å². The van der Waals surface area contributed by atoms with Crippen molar-refractivity contribution in [1.82, 2.24) is 14.8 Å². The van der Waals surface area contributed by atoms with Crippen molar-refractivity contribution in [2.24, 2.45) is 5.41 Å². The smallest absolute Gasteiger partial charge is 0.230 e. The molecule has 0 bridgehead atoms. The molecule has 6 heteroatoms. The van der Waals surface area contributed by atoms with E-state index in [4.69, 9.17) is 5.26 Å². The van der Waals surface area contributed by atoms with Crippen molar-refractivity contribution in [3.05, 3.63) is 36.2 Å². The molecule has 2 rings (SSSR count). The molecule has 0 fully saturated rings. The van der Waals surface area contributed by atoms with Gasteiger partial charge in [0.1, 0.15) is 11.6 Å². The minimum Gasteiger partial charge on any atom is -0.309 e. The standard InChI is InChI=1S/C14H15N5O/c1-14(2,3)13(20)18-12-10(8-15)9-17-19(12)11-6-4-5-7-16-11/h4-7,9H,1-3H3,(H,18,20). The fraction of sp³-hybridized carbons (Fsp3) is 0.286. The Morgan fingerprint density at radius 3 is 2.70 bits per heavy atom. The van der Waals surface area contributed by atoms with Crippen molar-refractivity contribution < 1.29 is 4.79 Å². The third-order valence-electron chi connectivity index (χ3n) is 2.67. The molecule has 0 radical (unpaired) electrons. The zero-order chi connectivity index (χ0) is 14.8. The summed E-state index contributed by atoms with van der Waals surface area (Å²) < 4.78 is 1.45. The zero-order valence-corrected chi connectivity index (χ0v) is 11.6. The average Bonchev–Trinajstić information content (AvgIpc) is 2.81. The number of rotatable bonds is 2. The molecule has 0 saturated carbocycles. The molecule has 0 spiro atoms. The van der Waals surface area contributed by atoms with Gasteiger partial charge in [0, 0.05) is 11.6 Å². The van der Waals surface area contributed by atoms with Gasteiger partial charge in [0.25, 0.3) is 0 Å². The van der Waals surface area contributed by atoms with Crippen LogP contribution in [0.25, 0.3) is 5.82 Å². The summed E-state index contributed by atoms with van der Waals surface area (Å²) in [6, 6.07) is 7.36. The van der Waals surface area contributed by atoms with E-state index in [1.54, 1.807) is 39.1 Å². The molecule has 0 aliphatic rings. The molecule has 0 saturated heterocycles. The number of carbonyl (C=O) groups excluding carboxylic acids is 1. The molecule has 1 amide bonds. The van der Waals surface area contributed by atoms with Crippen molar-refractivity contribution in [2.45, 2.75) is 20.8 Å². The number of nitrogens with one attached hydrogen (secondary N) is 1. The Labute approximate surface area is 117 Å². The Kier molecular flexibility index (Phi) is 3.53. The van der Waals surface area contributed by atoms with Crippen molar-refractivity contribution in [3.63, 3.8) is 0 Å². The van der Waals surface area contributed by atoms with Gasteiger partial charge in [0.2, 0.25) is 5.91 Å². The predicted octanol–water partition coefficient (Wildman–Crippen LogP) is 2.12. The molecule has 2 heterocycles. The molecule has 2 aromatic heterocycles. The van der Waals surface area contributed by atoms with Gasteiger partial charge in [0.05, 0.1) is 6.20 Å². The van der Waals surface area contributed by atoms with Gasteiger partial charge in [-0.25, -0.2) is 4.98 Å². The Balaban J connectivity index is 2.44. The van der Waals surface area contributed by atoms with E-state index in [0.717, 1.165) is 0 Å². The normalized spacial score (nSPS) is 10.9. The minimum atomic E-state index is -0.564. The molecule has 1 N–H and O–H groups in total. The highest BCUT2D eigenvalue weighted by molar-refractivity contribution is 5.95. The first-order chi connectivity index (χ1) is 9.43. The van der Waals surface area contributed by atoms with E-state index >= 15 is 0 Å². The van der Waals surface area contributed by atoms with E-state index in [1.165, 1.54) is 10.9 Å². The maximum atomic E-state index is 12.1. The number of pyridine rings is 1. The monoisotopic (exact) mass is 269 g/mol. The molecule has 0 atom stereocenters. The van der Waals surface area contributed by atoms with E-state index in [-0.39, 0.29) is 5.91 Å². The third kappa shape index (κ3) is 2.67. The topological polar surface area (TPSA) is 83.6 Å². The number of aromatic nitrogens is 3. The largest absolute Gasteiger partial charge is 0.309 e. The molecular formula is C14H15N5O. The highest BCUT2D eigenvalue weighted by atomic mass is 16.2. The second-order valence-corrected chi connectivity index (χ2v) is 5.32. The Morgan fingerprint density at radius 1 is 1.40 bits per heavy atom. The van der Waals surface area contributed by atoms with Gasteiger partial charge in [-0.2, -0.15) is 15.0 Å². The summed E-state index contributed by atoms with van der Waals surface area (Å²) in [7, 11) is 0. The Morgan fingerprint density at radius 2 is 2.15 bits per heavy atom. The van der Waals surface area contributed by atoms with Crippen molar-refractivity contribution in [3.8, 4) is 11.9 Å². The summed E-state index contributed by atoms with van der Waals surface area (Å²) in [6.45, 7) is 5.40. The van der Waals surface area contributed by atoms with E-state index < -0.39 is 5.41 Å². The quantitative estimate of drug-likeness (QED) is 0.905. The number of nitriles is 1. The first-order valence-corrected chi connectivity index (χ1v) is 6.14. The van der Waals surface area contributed by atoms with Crippen LogP contribution in [-0.4, -0.2) is 20.7 Å². The van der Waals surface area contributed by atoms with Crippen LogP contribution < -0.4 is 5.32 Å². The Bertz CT molecular complexity index is 661. The minimum absolute atomic E-state index is 0.188. The molecule has 0 aromatic carbocycles. The second-order valence-electron chi connectivity index (χ2n) is 5.32. The molecule has 2 aromatic rings. The van der Waals surface area contributed by atoms with Crippen LogP contribution in [-0.2, 0) is 4.79 Å². The molecule has 0 unspecified atom stereocenters. The lowest BCUT2D eigenvalue weighted by Crippen LogP contribution is -2.29. The van der Waals surface area contributed by atoms with Gasteiger partial charge in [-0.05, 0) is 12.1 Å². The van der Waals surface area contributed by atoms with E-state index in [0.29, 0.717) is 17.2 Å². The second kappa shape index (κ2) is 5.13. The number of hydrogen-bond donors (Lipinski definition) is 1. The lowest BCUT2D eigenvalue weighted by atomic mass is 9.96. The van der Waals surface area contributed by atoms with Crippen molar-refractivity contribution >= 4 is 11.7 Å². The van der Waals surface area contributed by atoms with Crippen LogP contribution in [0.4, 0.5) is 5.82 Å². The summed E-state index contributed by atoms with van der Waals surface area (Å²) in [5.41, 5.74) is -0.264. The summed E-state index contributed by atoms with van der Waals surface area (Å²) in [5.74, 6) is 0.691. The van der Waals surface area contributed by atoms with Crippen LogP contribution in [0.2, 0.25) is 0 Å². The highest BCUT2D eigenvalue weighted by Gasteiger charge is 2.24. The number of nitrogens with zero attached hydrogens (tertiary/aromatic N) is 4. The van der Waals surface area contributed by atoms with Crippen LogP contribution >= 0.6 is 0 Å². The maximum Gasteiger partial charge on any atom is 0.230 e. The molecule has 0 aliphatic heterocycles. The fourth-order valence-corrected chi connectivity index (χ4v) is 1.50. The highest BCUT2D eigenvalue weighted by Crippen LogP contribution is 2.22. The first kappa shape index (κ1) is 13.7. The molecular weight excluding hydrogens is 254 g/mol. The SMILES string of the molecule is CC(C)(C)C(=O)Nc1c(C#N)cnn1-c1ccccn1. The fourth-order valence-electron chi connectivity index (χ4n) is 1.50. The number of anilines is 1. The number of carbonyl (C=O) groups is 1. The van der Waals surface area contributed by atoms with Gasteiger partial charge in [-0.15, -0.1) is 0 Å². The molecule has 6 nitrogen and oxygen atoms in total. The van der Waals surface area contributed by atoms with Crippen LogP contribution in [0.15, 0.2) is 30.6 Å². The van der Waals surface area contributed by atoms with Crippen molar-refractivity contribution in [2.75, 3.05) is 5.32 Å². The van der Waals surface area contributed by atoms with Crippen LogP contribution in [0, 0.1) is 16.7 Å². The predicted molar refractivity (Wildman–Crippen MR) is 74.2 cm³/mol. The summed E-state index contributed by atoms with van der Waals surface area (Å²) >= 11 is 0. The average molecular weight is 269 g/mol. The van der Waals surface area contributed by atoms with Gasteiger partial charge < -0.3 is 5.32 Å². The summed E-state index contributed by atoms with van der Waals surface area (Å²) in [4.78, 5) is 16.3. The van der Waals surface area contributed by atoms with E-state index in [2.05, 4.69) is 15.4 Å². The van der Waals surface area contributed by atoms with Crippen LogP contribution in [0.1, 0.15) is 26.3 Å². The molecule has 0 aliphatic carbocycles. The first-order valence-electron chi connectivity index (χ1n) is 6.14. The van der Waals surface area contributed by atoms with Gasteiger partial charge >= 0.3 is 0 Å². The zero-order valence-electron chi connectivity index (χ0n) is 11.6. The van der Waals surface area contributed by atoms with E-state index in [1.807, 2.05) is 12.1 Å². The summed E-state index contributed by atoms with van der Waals surface area (Å²) in [5, 5.41) is 16.0. The summed E-state index contributed by atoms with van der Waals surface area (Å²) in [6.07, 6.45) is 3.03. The maximum absolute atomic E-state index is 12.1. The van der Waals surface area contributed by atoms with Gasteiger partial charge in [-0.1, -0.05) is 26.8 Å². The van der Waals surface area contributed by atoms with Crippen molar-refractivity contribution in [1.29, 1.82) is 5.26 Å². The lowest BCUT2D eigenvalue weighted by molar-refractivity contribution is -0.123. The third-order valence-corrected chi connectivity index (χ3v) is 2.67. The number of hydrogen-bond acceptors (Lipinski definition) is 4. The Hall–Kier alpha value is -2.68. The van der Waals surface area contributed by atoms with Crippen LogP contribution in [0.5, 0.6) is 0 Å².